The van der Waals surface area contributed by atoms with E-state index in [0.29, 0.717) is 11.5 Å². The highest BCUT2D eigenvalue weighted by Gasteiger charge is 2.34. The molecule has 26 heavy (non-hydrogen) atoms. The summed E-state index contributed by atoms with van der Waals surface area (Å²) in [6, 6.07) is 9.00. The molecule has 1 aliphatic heterocycles. The number of fused-ring (bicyclic) bond motifs is 3. The Morgan fingerprint density at radius 1 is 0.962 bits per heavy atom. The van der Waals surface area contributed by atoms with Crippen LogP contribution in [0, 0.1) is 0 Å². The minimum atomic E-state index is -0.175. The Morgan fingerprint density at radius 2 is 1.73 bits per heavy atom. The Balaban J connectivity index is 1.65. The summed E-state index contributed by atoms with van der Waals surface area (Å²) in [4.78, 5) is 0. The molecule has 4 rings (SSSR count). The number of phenolic OH excluding ortho intramolecular Hbond substituents is 2. The van der Waals surface area contributed by atoms with Crippen LogP contribution in [0.15, 0.2) is 42.5 Å². The maximum absolute atomic E-state index is 10.0. The molecule has 0 saturated heterocycles. The number of aryl methyl sites for hydroxylation is 1. The van der Waals surface area contributed by atoms with Crippen molar-refractivity contribution >= 4 is 0 Å². The first kappa shape index (κ1) is 16.8. The van der Waals surface area contributed by atoms with E-state index < -0.39 is 0 Å². The van der Waals surface area contributed by atoms with Crippen LogP contribution in [-0.2, 0) is 11.2 Å². The second-order valence-corrected chi connectivity index (χ2v) is 6.70. The van der Waals surface area contributed by atoms with Gasteiger partial charge in [-0.05, 0) is 53.8 Å². The second kappa shape index (κ2) is 6.57. The number of aromatic hydroxyl groups is 2. The quantitative estimate of drug-likeness (QED) is 0.820. The van der Waals surface area contributed by atoms with Crippen LogP contribution in [0.5, 0.6) is 23.0 Å². The molecule has 1 heterocycles. The van der Waals surface area contributed by atoms with Crippen LogP contribution < -0.4 is 9.47 Å². The van der Waals surface area contributed by atoms with E-state index >= 15 is 0 Å². The van der Waals surface area contributed by atoms with E-state index in [-0.39, 0.29) is 29.6 Å². The zero-order valence-electron chi connectivity index (χ0n) is 14.8. The van der Waals surface area contributed by atoms with Gasteiger partial charge in [-0.15, -0.1) is 0 Å². The molecule has 0 bridgehead atoms. The summed E-state index contributed by atoms with van der Waals surface area (Å²) in [5.41, 5.74) is 3.24. The lowest BCUT2D eigenvalue weighted by atomic mass is 9.78. The minimum Gasteiger partial charge on any atom is -0.504 e. The van der Waals surface area contributed by atoms with Crippen molar-refractivity contribution in [2.75, 3.05) is 14.2 Å². The first-order valence-corrected chi connectivity index (χ1v) is 8.71. The SMILES string of the molecule is COc1cc([C@@H]2C=C[C@H]3c4cc(OC)c(O)cc4CC[C@H]3O2)ccc1O. The number of benzene rings is 2. The van der Waals surface area contributed by atoms with Crippen LogP contribution >= 0.6 is 0 Å². The Hall–Kier alpha value is -2.66. The van der Waals surface area contributed by atoms with E-state index in [2.05, 4.69) is 6.08 Å². The van der Waals surface area contributed by atoms with Gasteiger partial charge in [0.25, 0.3) is 0 Å². The molecule has 0 fully saturated rings. The zero-order chi connectivity index (χ0) is 18.3. The zero-order valence-corrected chi connectivity index (χ0v) is 14.8. The van der Waals surface area contributed by atoms with Crippen molar-refractivity contribution < 1.29 is 24.4 Å². The summed E-state index contributed by atoms with van der Waals surface area (Å²) in [5.74, 6) is 1.37. The van der Waals surface area contributed by atoms with Crippen LogP contribution in [0.4, 0.5) is 0 Å². The Morgan fingerprint density at radius 3 is 2.50 bits per heavy atom. The average Bonchev–Trinajstić information content (AvgIpc) is 2.67. The van der Waals surface area contributed by atoms with Crippen molar-refractivity contribution in [3.05, 3.63) is 59.2 Å². The van der Waals surface area contributed by atoms with Crippen molar-refractivity contribution in [2.45, 2.75) is 31.0 Å². The van der Waals surface area contributed by atoms with Crippen molar-refractivity contribution in [3.63, 3.8) is 0 Å². The minimum absolute atomic E-state index is 0.0616. The van der Waals surface area contributed by atoms with Gasteiger partial charge in [-0.3, -0.25) is 0 Å². The van der Waals surface area contributed by atoms with Gasteiger partial charge in [-0.25, -0.2) is 0 Å². The highest BCUT2D eigenvalue weighted by Crippen LogP contribution is 2.44. The molecule has 2 N–H and O–H groups in total. The van der Waals surface area contributed by atoms with E-state index in [1.54, 1.807) is 19.2 Å². The van der Waals surface area contributed by atoms with Gasteiger partial charge in [0.05, 0.1) is 20.3 Å². The van der Waals surface area contributed by atoms with E-state index in [9.17, 15) is 10.2 Å². The van der Waals surface area contributed by atoms with Gasteiger partial charge < -0.3 is 24.4 Å². The summed E-state index contributed by atoms with van der Waals surface area (Å²) in [7, 11) is 3.09. The summed E-state index contributed by atoms with van der Waals surface area (Å²) < 4.78 is 16.8. The lowest BCUT2D eigenvalue weighted by molar-refractivity contribution is -0.0140. The monoisotopic (exact) mass is 354 g/mol. The van der Waals surface area contributed by atoms with Crippen LogP contribution in [0.25, 0.3) is 0 Å². The largest absolute Gasteiger partial charge is 0.504 e. The van der Waals surface area contributed by atoms with Gasteiger partial charge in [0.1, 0.15) is 6.10 Å². The molecule has 5 heteroatoms. The molecule has 0 saturated carbocycles. The lowest BCUT2D eigenvalue weighted by Crippen LogP contribution is -2.31. The molecule has 0 radical (unpaired) electrons. The second-order valence-electron chi connectivity index (χ2n) is 6.70. The van der Waals surface area contributed by atoms with Gasteiger partial charge >= 0.3 is 0 Å². The predicted octanol–water partition coefficient (Wildman–Crippen LogP) is 3.84. The molecule has 0 amide bonds. The third-order valence-electron chi connectivity index (χ3n) is 5.25. The third kappa shape index (κ3) is 2.78. The molecule has 2 aromatic carbocycles. The van der Waals surface area contributed by atoms with Gasteiger partial charge in [0, 0.05) is 5.92 Å². The molecular formula is C21H22O5. The number of hydrogen-bond donors (Lipinski definition) is 2. The highest BCUT2D eigenvalue weighted by molar-refractivity contribution is 5.51. The number of rotatable bonds is 3. The van der Waals surface area contributed by atoms with Crippen LogP contribution in [0.1, 0.15) is 35.1 Å². The first-order valence-electron chi connectivity index (χ1n) is 8.71. The van der Waals surface area contributed by atoms with Crippen LogP contribution in [0.2, 0.25) is 0 Å². The summed E-state index contributed by atoms with van der Waals surface area (Å²) in [6.07, 6.45) is 5.85. The predicted molar refractivity (Wildman–Crippen MR) is 97.1 cm³/mol. The molecule has 2 aromatic rings. The Bertz CT molecular complexity index is 858. The standard InChI is InChI=1S/C21H22O5/c1-24-20-10-13(3-6-16(20)22)18-8-5-14-15-11-21(25-2)17(23)9-12(15)4-7-19(14)26-18/h3,5-6,8-11,14,18-19,22-23H,4,7H2,1-2H3/t14-,18-,19+/m0/s1. The van der Waals surface area contributed by atoms with E-state index in [0.717, 1.165) is 29.5 Å². The summed E-state index contributed by atoms with van der Waals surface area (Å²) in [6.45, 7) is 0. The van der Waals surface area contributed by atoms with Gasteiger partial charge in [-0.2, -0.15) is 0 Å². The fourth-order valence-electron chi connectivity index (χ4n) is 3.89. The molecule has 0 aromatic heterocycles. The van der Waals surface area contributed by atoms with Crippen molar-refractivity contribution in [1.29, 1.82) is 0 Å². The lowest BCUT2D eigenvalue weighted by Gasteiger charge is -2.37. The Kier molecular flexibility index (Phi) is 4.24. The number of phenols is 2. The third-order valence-corrected chi connectivity index (χ3v) is 5.25. The maximum Gasteiger partial charge on any atom is 0.160 e. The fourth-order valence-corrected chi connectivity index (χ4v) is 3.89. The smallest absolute Gasteiger partial charge is 0.160 e. The van der Waals surface area contributed by atoms with Crippen molar-refractivity contribution in [3.8, 4) is 23.0 Å². The maximum atomic E-state index is 10.0. The van der Waals surface area contributed by atoms with Crippen LogP contribution in [-0.4, -0.2) is 30.5 Å². The molecule has 1 aliphatic carbocycles. The van der Waals surface area contributed by atoms with Crippen molar-refractivity contribution in [2.24, 2.45) is 0 Å². The fraction of sp³-hybridized carbons (Fsp3) is 0.333. The van der Waals surface area contributed by atoms with E-state index in [1.165, 1.54) is 7.11 Å². The summed E-state index contributed by atoms with van der Waals surface area (Å²) in [5, 5.41) is 19.8. The van der Waals surface area contributed by atoms with E-state index in [1.807, 2.05) is 24.3 Å². The molecule has 2 aliphatic rings. The number of hydrogen-bond acceptors (Lipinski definition) is 5. The van der Waals surface area contributed by atoms with Crippen LogP contribution in [0.3, 0.4) is 0 Å². The number of ether oxygens (including phenoxy) is 3. The molecule has 3 atom stereocenters. The van der Waals surface area contributed by atoms with Crippen molar-refractivity contribution in [1.82, 2.24) is 0 Å². The molecular weight excluding hydrogens is 332 g/mol. The number of methoxy groups -OCH3 is 2. The summed E-state index contributed by atoms with van der Waals surface area (Å²) >= 11 is 0. The Labute approximate surface area is 152 Å². The molecule has 5 nitrogen and oxygen atoms in total. The average molecular weight is 354 g/mol. The molecule has 0 unspecified atom stereocenters. The molecule has 136 valence electrons. The van der Waals surface area contributed by atoms with Gasteiger partial charge in [0.2, 0.25) is 0 Å². The normalized spacial score (nSPS) is 23.8. The highest BCUT2D eigenvalue weighted by atomic mass is 16.5. The molecule has 0 spiro atoms. The van der Waals surface area contributed by atoms with Gasteiger partial charge in [-0.1, -0.05) is 18.2 Å². The van der Waals surface area contributed by atoms with E-state index in [4.69, 9.17) is 14.2 Å². The first-order chi connectivity index (χ1) is 12.6. The topological polar surface area (TPSA) is 68.2 Å². The van der Waals surface area contributed by atoms with Gasteiger partial charge in [0.15, 0.2) is 23.0 Å².